The van der Waals surface area contributed by atoms with Gasteiger partial charge in [-0.3, -0.25) is 5.41 Å². The molecule has 0 heterocycles. The van der Waals surface area contributed by atoms with E-state index in [1.165, 1.54) is 5.69 Å². The molecule has 1 aromatic carbocycles. The zero-order valence-corrected chi connectivity index (χ0v) is 10.6. The molecule has 0 saturated heterocycles. The van der Waals surface area contributed by atoms with Crippen molar-refractivity contribution in [3.63, 3.8) is 0 Å². The van der Waals surface area contributed by atoms with E-state index in [1.807, 2.05) is 6.07 Å². The largest absolute Gasteiger partial charge is 0.372 e. The monoisotopic (exact) mass is 244 g/mol. The second kappa shape index (κ2) is 10.1. The molecule has 5 heteroatoms. The summed E-state index contributed by atoms with van der Waals surface area (Å²) < 4.78 is 0. The van der Waals surface area contributed by atoms with Gasteiger partial charge in [-0.05, 0) is 26.0 Å². The van der Waals surface area contributed by atoms with Gasteiger partial charge in [-0.15, -0.1) is 12.4 Å². The predicted molar refractivity (Wildman–Crippen MR) is 73.4 cm³/mol. The van der Waals surface area contributed by atoms with E-state index >= 15 is 0 Å². The van der Waals surface area contributed by atoms with Crippen molar-refractivity contribution in [1.82, 2.24) is 0 Å². The number of rotatable bonds is 3. The van der Waals surface area contributed by atoms with Gasteiger partial charge in [0.25, 0.3) is 0 Å². The van der Waals surface area contributed by atoms with Crippen LogP contribution in [0.5, 0.6) is 0 Å². The Hall–Kier alpha value is -1.42. The minimum Gasteiger partial charge on any atom is -0.372 e. The Bertz CT molecular complexity index is 269. The molecule has 1 rings (SSSR count). The maximum atomic E-state index is 6.06. The summed E-state index contributed by atoms with van der Waals surface area (Å²) in [5, 5.41) is 6.06. The highest BCUT2D eigenvalue weighted by Crippen LogP contribution is 2.11. The van der Waals surface area contributed by atoms with Gasteiger partial charge in [0.2, 0.25) is 0 Å². The number of halogens is 1. The van der Waals surface area contributed by atoms with Crippen LogP contribution in [0.25, 0.3) is 0 Å². The Labute approximate surface area is 104 Å². The number of nitrogens with zero attached hydrogens (tertiary/aromatic N) is 1. The van der Waals surface area contributed by atoms with Crippen molar-refractivity contribution in [1.29, 1.82) is 5.41 Å². The van der Waals surface area contributed by atoms with Gasteiger partial charge in [-0.1, -0.05) is 18.2 Å². The topological polar surface area (TPSA) is 79.1 Å². The number of para-hydroxylation sites is 1. The molecule has 0 spiro atoms. The van der Waals surface area contributed by atoms with E-state index in [0.717, 1.165) is 13.1 Å². The van der Waals surface area contributed by atoms with Gasteiger partial charge in [-0.25, -0.2) is 0 Å². The Morgan fingerprint density at radius 2 is 1.50 bits per heavy atom. The van der Waals surface area contributed by atoms with Crippen molar-refractivity contribution in [3.8, 4) is 0 Å². The van der Waals surface area contributed by atoms with Crippen LogP contribution in [0.4, 0.5) is 5.69 Å². The Morgan fingerprint density at radius 3 is 1.81 bits per heavy atom. The van der Waals surface area contributed by atoms with E-state index < -0.39 is 0 Å². The fraction of sp³-hybridized carbons (Fsp3) is 0.364. The fourth-order valence-corrected chi connectivity index (χ4v) is 1.23. The first-order valence-corrected chi connectivity index (χ1v) is 5.01. The Kier molecular flexibility index (Phi) is 10.7. The molecule has 0 aromatic heterocycles. The van der Waals surface area contributed by atoms with Crippen LogP contribution in [0.15, 0.2) is 30.3 Å². The van der Waals surface area contributed by atoms with Crippen LogP contribution < -0.4 is 16.4 Å². The molecule has 0 bridgehead atoms. The molecular formula is C11H21ClN4. The summed E-state index contributed by atoms with van der Waals surface area (Å²) in [6, 6.07) is 10.5. The molecule has 0 amide bonds. The van der Waals surface area contributed by atoms with Gasteiger partial charge < -0.3 is 16.4 Å². The van der Waals surface area contributed by atoms with Crippen LogP contribution in [0.2, 0.25) is 0 Å². The van der Waals surface area contributed by atoms with Gasteiger partial charge in [0.15, 0.2) is 5.96 Å². The highest BCUT2D eigenvalue weighted by Gasteiger charge is 1.97. The van der Waals surface area contributed by atoms with Crippen LogP contribution >= 0.6 is 12.4 Å². The first kappa shape index (κ1) is 17.0. The fourth-order valence-electron chi connectivity index (χ4n) is 1.23. The highest BCUT2D eigenvalue weighted by molar-refractivity contribution is 5.85. The Balaban J connectivity index is 0. The van der Waals surface area contributed by atoms with E-state index in [-0.39, 0.29) is 18.4 Å². The summed E-state index contributed by atoms with van der Waals surface area (Å²) in [6.07, 6.45) is 0. The van der Waals surface area contributed by atoms with E-state index in [0.29, 0.717) is 0 Å². The zero-order chi connectivity index (χ0) is 11.7. The molecule has 0 aliphatic heterocycles. The van der Waals surface area contributed by atoms with Gasteiger partial charge in [0.05, 0.1) is 0 Å². The van der Waals surface area contributed by atoms with Crippen molar-refractivity contribution < 1.29 is 0 Å². The van der Waals surface area contributed by atoms with Crippen LogP contribution in [-0.2, 0) is 0 Å². The van der Waals surface area contributed by atoms with Crippen LogP contribution in [-0.4, -0.2) is 19.0 Å². The highest BCUT2D eigenvalue weighted by atomic mass is 35.5. The maximum Gasteiger partial charge on any atom is 0.183 e. The maximum absolute atomic E-state index is 6.06. The lowest BCUT2D eigenvalue weighted by Gasteiger charge is -2.20. The summed E-state index contributed by atoms with van der Waals surface area (Å²) in [4.78, 5) is 2.33. The molecular weight excluding hydrogens is 224 g/mol. The minimum atomic E-state index is -0.333. The molecule has 0 saturated carbocycles. The van der Waals surface area contributed by atoms with Crippen LogP contribution in [0.1, 0.15) is 13.8 Å². The van der Waals surface area contributed by atoms with Crippen molar-refractivity contribution >= 4 is 24.1 Å². The van der Waals surface area contributed by atoms with Gasteiger partial charge in [-0.2, -0.15) is 0 Å². The molecule has 5 N–H and O–H groups in total. The average Bonchev–Trinajstić information content (AvgIpc) is 2.20. The lowest BCUT2D eigenvalue weighted by atomic mass is 10.3. The quantitative estimate of drug-likeness (QED) is 0.560. The van der Waals surface area contributed by atoms with E-state index in [2.05, 4.69) is 54.5 Å². The summed E-state index contributed by atoms with van der Waals surface area (Å²) in [5.41, 5.74) is 10.3. The third-order valence-corrected chi connectivity index (χ3v) is 1.88. The molecule has 16 heavy (non-hydrogen) atoms. The standard InChI is InChI=1S/C10H15N.CH5N3.ClH/c1-3-11(4-2)10-8-6-5-7-9-10;2-1(3)4;/h5-9H,3-4H2,1-2H3;(H5,2,3,4);1H. The molecule has 0 atom stereocenters. The van der Waals surface area contributed by atoms with Crippen LogP contribution in [0, 0.1) is 5.41 Å². The summed E-state index contributed by atoms with van der Waals surface area (Å²) in [5.74, 6) is -0.333. The van der Waals surface area contributed by atoms with Crippen molar-refractivity contribution in [2.24, 2.45) is 11.5 Å². The molecule has 92 valence electrons. The molecule has 0 aliphatic carbocycles. The first-order valence-electron chi connectivity index (χ1n) is 5.01. The zero-order valence-electron chi connectivity index (χ0n) is 9.81. The smallest absolute Gasteiger partial charge is 0.183 e. The molecule has 0 aliphatic rings. The molecule has 0 unspecified atom stereocenters. The number of hydrogen-bond acceptors (Lipinski definition) is 2. The summed E-state index contributed by atoms with van der Waals surface area (Å²) >= 11 is 0. The molecule has 4 nitrogen and oxygen atoms in total. The van der Waals surface area contributed by atoms with Crippen molar-refractivity contribution in [2.75, 3.05) is 18.0 Å². The van der Waals surface area contributed by atoms with Crippen molar-refractivity contribution in [3.05, 3.63) is 30.3 Å². The van der Waals surface area contributed by atoms with Gasteiger partial charge in [0.1, 0.15) is 0 Å². The van der Waals surface area contributed by atoms with Gasteiger partial charge >= 0.3 is 0 Å². The van der Waals surface area contributed by atoms with Crippen LogP contribution in [0.3, 0.4) is 0 Å². The summed E-state index contributed by atoms with van der Waals surface area (Å²) in [7, 11) is 0. The number of benzene rings is 1. The first-order chi connectivity index (χ1) is 7.11. The number of anilines is 1. The summed E-state index contributed by atoms with van der Waals surface area (Å²) in [6.45, 7) is 6.52. The predicted octanol–water partition coefficient (Wildman–Crippen LogP) is 1.79. The SMILES string of the molecule is CCN(CC)c1ccccc1.Cl.N=C(N)N. The third-order valence-electron chi connectivity index (χ3n) is 1.88. The minimum absolute atomic E-state index is 0. The third kappa shape index (κ3) is 7.94. The van der Waals surface area contributed by atoms with E-state index in [1.54, 1.807) is 0 Å². The average molecular weight is 245 g/mol. The lowest BCUT2D eigenvalue weighted by Crippen LogP contribution is -2.21. The lowest BCUT2D eigenvalue weighted by molar-refractivity contribution is 0.866. The number of hydrogen-bond donors (Lipinski definition) is 3. The molecule has 0 radical (unpaired) electrons. The van der Waals surface area contributed by atoms with Gasteiger partial charge in [0, 0.05) is 18.8 Å². The number of nitrogens with one attached hydrogen (secondary N) is 1. The second-order valence-electron chi connectivity index (χ2n) is 2.96. The van der Waals surface area contributed by atoms with Crippen molar-refractivity contribution in [2.45, 2.75) is 13.8 Å². The Morgan fingerprint density at radius 1 is 1.12 bits per heavy atom. The van der Waals surface area contributed by atoms with E-state index in [9.17, 15) is 0 Å². The molecule has 0 fully saturated rings. The van der Waals surface area contributed by atoms with E-state index in [4.69, 9.17) is 5.41 Å². The normalized spacial score (nSPS) is 8.12. The molecule has 1 aromatic rings. The second-order valence-corrected chi connectivity index (χ2v) is 2.96. The number of guanidine groups is 1. The number of nitrogens with two attached hydrogens (primary N) is 2.